The number of nitrogens with zero attached hydrogens (tertiary/aromatic N) is 2. The zero-order valence-electron chi connectivity index (χ0n) is 10.5. The Labute approximate surface area is 133 Å². The molecule has 0 amide bonds. The number of hydrogen-bond acceptors (Lipinski definition) is 2. The molecule has 0 bridgehead atoms. The second kappa shape index (κ2) is 5.95. The van der Waals surface area contributed by atoms with Gasteiger partial charge in [-0.05, 0) is 56.5 Å². The summed E-state index contributed by atoms with van der Waals surface area (Å²) in [7, 11) is 1.79. The lowest BCUT2D eigenvalue weighted by Crippen LogP contribution is -2.03. The van der Waals surface area contributed by atoms with Crippen LogP contribution in [0.3, 0.4) is 0 Å². The molecule has 0 saturated carbocycles. The van der Waals surface area contributed by atoms with Gasteiger partial charge in [0.2, 0.25) is 0 Å². The Kier molecular flexibility index (Phi) is 4.71. The van der Waals surface area contributed by atoms with Crippen LogP contribution in [-0.4, -0.2) is 14.9 Å². The molecular weight excluding hydrogens is 395 g/mol. The van der Waals surface area contributed by atoms with Gasteiger partial charge in [0.25, 0.3) is 0 Å². The lowest BCUT2D eigenvalue weighted by atomic mass is 10.0. The summed E-state index contributed by atoms with van der Waals surface area (Å²) in [4.78, 5) is 0. The van der Waals surface area contributed by atoms with Gasteiger partial charge in [-0.25, -0.2) is 0 Å². The fraction of sp³-hybridized carbons (Fsp3) is 0.308. The minimum Gasteiger partial charge on any atom is -0.388 e. The van der Waals surface area contributed by atoms with Gasteiger partial charge in [0, 0.05) is 28.0 Å². The second-order valence-corrected chi connectivity index (χ2v) is 6.44. The Bertz CT molecular complexity index is 613. The van der Waals surface area contributed by atoms with Crippen molar-refractivity contribution < 1.29 is 5.11 Å². The number of aryl methyl sites for hydroxylation is 2. The molecule has 102 valence electrons. The van der Waals surface area contributed by atoms with Crippen LogP contribution < -0.4 is 0 Å². The molecule has 2 aromatic rings. The quantitative estimate of drug-likeness (QED) is 0.827. The van der Waals surface area contributed by atoms with E-state index in [9.17, 15) is 5.11 Å². The van der Waals surface area contributed by atoms with Crippen LogP contribution in [0.5, 0.6) is 0 Å². The summed E-state index contributed by atoms with van der Waals surface area (Å²) in [5.41, 5.74) is 2.58. The zero-order valence-corrected chi connectivity index (χ0v) is 14.4. The Hall–Kier alpha value is -0.360. The first-order valence-electron chi connectivity index (χ1n) is 5.71. The van der Waals surface area contributed by atoms with Crippen molar-refractivity contribution in [1.29, 1.82) is 0 Å². The van der Waals surface area contributed by atoms with Crippen molar-refractivity contribution in [2.45, 2.75) is 19.4 Å². The number of rotatable bonds is 3. The molecular formula is C13H13Br2ClN2O. The molecule has 19 heavy (non-hydrogen) atoms. The number of aliphatic hydroxyl groups excluding tert-OH is 1. The van der Waals surface area contributed by atoms with E-state index in [1.165, 1.54) is 0 Å². The lowest BCUT2D eigenvalue weighted by Gasteiger charge is -2.12. The first-order valence-corrected chi connectivity index (χ1v) is 7.67. The Balaban J connectivity index is 2.25. The average molecular weight is 409 g/mol. The number of hydrogen-bond donors (Lipinski definition) is 1. The van der Waals surface area contributed by atoms with Crippen LogP contribution in [0.1, 0.15) is 22.9 Å². The normalized spacial score (nSPS) is 12.7. The van der Waals surface area contributed by atoms with Gasteiger partial charge in [-0.2, -0.15) is 5.10 Å². The molecule has 0 aliphatic heterocycles. The van der Waals surface area contributed by atoms with Crippen molar-refractivity contribution in [2.24, 2.45) is 7.05 Å². The molecule has 6 heteroatoms. The maximum Gasteiger partial charge on any atom is 0.130 e. The summed E-state index contributed by atoms with van der Waals surface area (Å²) in [6, 6.07) is 5.69. The number of aliphatic hydroxyl groups is 1. The average Bonchev–Trinajstić information content (AvgIpc) is 2.59. The predicted octanol–water partition coefficient (Wildman–Crippen LogP) is 4.18. The molecule has 1 atom stereocenters. The van der Waals surface area contributed by atoms with Crippen LogP contribution in [0, 0.1) is 6.92 Å². The van der Waals surface area contributed by atoms with E-state index in [0.717, 1.165) is 25.8 Å². The van der Waals surface area contributed by atoms with Crippen molar-refractivity contribution >= 4 is 43.5 Å². The Morgan fingerprint density at radius 1 is 1.37 bits per heavy atom. The molecule has 0 aliphatic carbocycles. The van der Waals surface area contributed by atoms with E-state index in [1.54, 1.807) is 11.7 Å². The van der Waals surface area contributed by atoms with Crippen LogP contribution >= 0.6 is 43.5 Å². The van der Waals surface area contributed by atoms with Gasteiger partial charge in [-0.3, -0.25) is 4.68 Å². The maximum atomic E-state index is 10.3. The minimum atomic E-state index is -0.607. The summed E-state index contributed by atoms with van der Waals surface area (Å²) in [5.74, 6) is 0. The fourth-order valence-corrected chi connectivity index (χ4v) is 2.83. The summed E-state index contributed by atoms with van der Waals surface area (Å²) >= 11 is 13.0. The van der Waals surface area contributed by atoms with Crippen LogP contribution in [-0.2, 0) is 13.5 Å². The summed E-state index contributed by atoms with van der Waals surface area (Å²) in [6.07, 6.45) is -0.156. The smallest absolute Gasteiger partial charge is 0.130 e. The van der Waals surface area contributed by atoms with Gasteiger partial charge in [-0.15, -0.1) is 0 Å². The number of benzene rings is 1. The molecule has 0 saturated heterocycles. The first-order chi connectivity index (χ1) is 8.90. The van der Waals surface area contributed by atoms with Gasteiger partial charge in [-0.1, -0.05) is 17.7 Å². The van der Waals surface area contributed by atoms with E-state index in [1.807, 2.05) is 25.1 Å². The monoisotopic (exact) mass is 406 g/mol. The summed E-state index contributed by atoms with van der Waals surface area (Å²) < 4.78 is 3.49. The standard InChI is InChI=1S/C13H13Br2ClN2O/c1-7-9(13(16)18(2)17-7)6-12(19)8-3-4-10(14)11(15)5-8/h3-5,12,19H,6H2,1-2H3. The maximum absolute atomic E-state index is 10.3. The minimum absolute atomic E-state index is 0.451. The molecule has 1 unspecified atom stereocenters. The van der Waals surface area contributed by atoms with E-state index in [-0.39, 0.29) is 0 Å². The highest BCUT2D eigenvalue weighted by atomic mass is 79.9. The summed E-state index contributed by atoms with van der Waals surface area (Å²) in [6.45, 7) is 1.89. The SMILES string of the molecule is Cc1nn(C)c(Cl)c1CC(O)c1ccc(Br)c(Br)c1. The van der Waals surface area contributed by atoms with Gasteiger partial charge in [0.15, 0.2) is 0 Å². The third kappa shape index (κ3) is 3.21. The molecule has 1 heterocycles. The molecule has 2 rings (SSSR count). The first kappa shape index (κ1) is 15.0. The number of halogens is 3. The van der Waals surface area contributed by atoms with Gasteiger partial charge >= 0.3 is 0 Å². The van der Waals surface area contributed by atoms with Crippen molar-refractivity contribution in [3.63, 3.8) is 0 Å². The topological polar surface area (TPSA) is 38.0 Å². The second-order valence-electron chi connectivity index (χ2n) is 4.37. The highest BCUT2D eigenvalue weighted by Crippen LogP contribution is 2.30. The molecule has 1 aromatic heterocycles. The van der Waals surface area contributed by atoms with Gasteiger partial charge in [0.1, 0.15) is 5.15 Å². The van der Waals surface area contributed by atoms with Crippen LogP contribution in [0.25, 0.3) is 0 Å². The molecule has 1 aromatic carbocycles. The summed E-state index contributed by atoms with van der Waals surface area (Å²) in [5, 5.41) is 15.1. The van der Waals surface area contributed by atoms with E-state index in [4.69, 9.17) is 11.6 Å². The van der Waals surface area contributed by atoms with Crippen LogP contribution in [0.2, 0.25) is 5.15 Å². The fourth-order valence-electron chi connectivity index (χ4n) is 1.94. The predicted molar refractivity (Wildman–Crippen MR) is 83.5 cm³/mol. The molecule has 0 radical (unpaired) electrons. The largest absolute Gasteiger partial charge is 0.388 e. The molecule has 0 fully saturated rings. The third-order valence-electron chi connectivity index (χ3n) is 3.00. The van der Waals surface area contributed by atoms with E-state index >= 15 is 0 Å². The van der Waals surface area contributed by atoms with Crippen LogP contribution in [0.15, 0.2) is 27.1 Å². The van der Waals surface area contributed by atoms with Crippen molar-refractivity contribution in [1.82, 2.24) is 9.78 Å². The van der Waals surface area contributed by atoms with Crippen LogP contribution in [0.4, 0.5) is 0 Å². The number of aromatic nitrogens is 2. The van der Waals surface area contributed by atoms with Crippen molar-refractivity contribution in [3.05, 3.63) is 49.1 Å². The van der Waals surface area contributed by atoms with Gasteiger partial charge in [0.05, 0.1) is 11.8 Å². The molecule has 1 N–H and O–H groups in total. The van der Waals surface area contributed by atoms with E-state index < -0.39 is 6.10 Å². The zero-order chi connectivity index (χ0) is 14.2. The highest BCUT2D eigenvalue weighted by Gasteiger charge is 2.17. The Morgan fingerprint density at radius 3 is 2.58 bits per heavy atom. The highest BCUT2D eigenvalue weighted by molar-refractivity contribution is 9.13. The lowest BCUT2D eigenvalue weighted by molar-refractivity contribution is 0.178. The Morgan fingerprint density at radius 2 is 2.05 bits per heavy atom. The van der Waals surface area contributed by atoms with Crippen molar-refractivity contribution in [2.75, 3.05) is 0 Å². The van der Waals surface area contributed by atoms with Gasteiger partial charge < -0.3 is 5.11 Å². The molecule has 0 aliphatic rings. The van der Waals surface area contributed by atoms with E-state index in [2.05, 4.69) is 37.0 Å². The van der Waals surface area contributed by atoms with Crippen molar-refractivity contribution in [3.8, 4) is 0 Å². The van der Waals surface area contributed by atoms with E-state index in [0.29, 0.717) is 11.6 Å². The molecule has 0 spiro atoms. The molecule has 3 nitrogen and oxygen atoms in total. The third-order valence-corrected chi connectivity index (χ3v) is 5.35.